The zero-order valence-corrected chi connectivity index (χ0v) is 17.9. The predicted octanol–water partition coefficient (Wildman–Crippen LogP) is 5.42. The molecule has 2 aromatic carbocycles. The number of hydrogen-bond donors (Lipinski definition) is 1. The molecule has 2 aromatic rings. The fraction of sp³-hybridized carbons (Fsp3) is 0.458. The maximum atomic E-state index is 12.8. The van der Waals surface area contributed by atoms with Crippen molar-refractivity contribution in [2.45, 2.75) is 65.0 Å². The Balaban J connectivity index is 2.04. The van der Waals surface area contributed by atoms with Crippen molar-refractivity contribution in [3.63, 3.8) is 0 Å². The number of hydrogen-bond acceptors (Lipinski definition) is 3. The van der Waals surface area contributed by atoms with Crippen LogP contribution in [-0.2, 0) is 10.2 Å². The molecule has 2 atom stereocenters. The van der Waals surface area contributed by atoms with E-state index in [4.69, 9.17) is 9.47 Å². The third-order valence-electron chi connectivity index (χ3n) is 4.90. The Morgan fingerprint density at radius 2 is 1.50 bits per heavy atom. The summed E-state index contributed by atoms with van der Waals surface area (Å²) in [5, 5.41) is 3.12. The Morgan fingerprint density at radius 3 is 1.96 bits per heavy atom. The van der Waals surface area contributed by atoms with Crippen LogP contribution >= 0.6 is 0 Å². The molecule has 0 aliphatic carbocycles. The average Bonchev–Trinajstić information content (AvgIpc) is 2.69. The van der Waals surface area contributed by atoms with Crippen LogP contribution in [0, 0.1) is 0 Å². The Kier molecular flexibility index (Phi) is 7.50. The lowest BCUT2D eigenvalue weighted by Gasteiger charge is -2.23. The summed E-state index contributed by atoms with van der Waals surface area (Å²) in [6.45, 7) is 10.5. The van der Waals surface area contributed by atoms with Crippen molar-refractivity contribution in [3.05, 3.63) is 59.7 Å². The average molecular weight is 384 g/mol. The van der Waals surface area contributed by atoms with Crippen LogP contribution in [0.2, 0.25) is 0 Å². The van der Waals surface area contributed by atoms with E-state index in [2.05, 4.69) is 45.1 Å². The number of carbonyl (C=O) groups excluding carboxylic acids is 1. The Labute approximate surface area is 169 Å². The third-order valence-corrected chi connectivity index (χ3v) is 4.90. The molecular weight excluding hydrogens is 350 g/mol. The van der Waals surface area contributed by atoms with E-state index in [1.165, 1.54) is 5.56 Å². The van der Waals surface area contributed by atoms with Crippen molar-refractivity contribution in [1.82, 2.24) is 5.32 Å². The summed E-state index contributed by atoms with van der Waals surface area (Å²) in [6, 6.07) is 15.7. The predicted molar refractivity (Wildman–Crippen MR) is 114 cm³/mol. The molecule has 4 nitrogen and oxygen atoms in total. The van der Waals surface area contributed by atoms with Crippen LogP contribution in [0.4, 0.5) is 0 Å². The molecule has 0 saturated heterocycles. The van der Waals surface area contributed by atoms with Gasteiger partial charge in [-0.3, -0.25) is 4.79 Å². The van der Waals surface area contributed by atoms with Crippen LogP contribution in [0.15, 0.2) is 48.5 Å². The number of ether oxygens (including phenoxy) is 2. The van der Waals surface area contributed by atoms with Crippen LogP contribution in [0.25, 0.3) is 0 Å². The van der Waals surface area contributed by atoms with E-state index < -0.39 is 6.10 Å². The van der Waals surface area contributed by atoms with Gasteiger partial charge < -0.3 is 14.8 Å². The van der Waals surface area contributed by atoms with Crippen LogP contribution in [0.5, 0.6) is 11.5 Å². The van der Waals surface area contributed by atoms with E-state index in [0.29, 0.717) is 12.2 Å². The maximum absolute atomic E-state index is 12.8. The SMILES string of the molecule is CC[C@H](NC(=O)[C@@H](CC)Oc1ccc(C(C)(C)C)cc1)c1ccc(OC)cc1. The first-order valence-corrected chi connectivity index (χ1v) is 10.00. The van der Waals surface area contributed by atoms with Gasteiger partial charge in [0.2, 0.25) is 0 Å². The van der Waals surface area contributed by atoms with Gasteiger partial charge in [-0.15, -0.1) is 0 Å². The van der Waals surface area contributed by atoms with E-state index >= 15 is 0 Å². The van der Waals surface area contributed by atoms with Crippen molar-refractivity contribution in [1.29, 1.82) is 0 Å². The molecule has 0 aliphatic rings. The van der Waals surface area contributed by atoms with E-state index in [1.54, 1.807) is 7.11 Å². The van der Waals surface area contributed by atoms with Gasteiger partial charge in [0.05, 0.1) is 13.2 Å². The molecule has 0 radical (unpaired) electrons. The van der Waals surface area contributed by atoms with Gasteiger partial charge in [-0.05, 0) is 53.6 Å². The zero-order valence-electron chi connectivity index (χ0n) is 17.9. The third kappa shape index (κ3) is 5.75. The highest BCUT2D eigenvalue weighted by molar-refractivity contribution is 5.81. The molecule has 4 heteroatoms. The second-order valence-corrected chi connectivity index (χ2v) is 8.03. The lowest BCUT2D eigenvalue weighted by Crippen LogP contribution is -2.39. The number of rotatable bonds is 8. The minimum absolute atomic E-state index is 0.0562. The van der Waals surface area contributed by atoms with Gasteiger partial charge in [0.25, 0.3) is 5.91 Å². The number of nitrogens with one attached hydrogen (secondary N) is 1. The molecule has 152 valence electrons. The van der Waals surface area contributed by atoms with Crippen LogP contribution in [0.1, 0.15) is 64.6 Å². The summed E-state index contributed by atoms with van der Waals surface area (Å²) < 4.78 is 11.2. The molecule has 0 aromatic heterocycles. The van der Waals surface area contributed by atoms with Crippen LogP contribution in [-0.4, -0.2) is 19.1 Å². The molecule has 0 spiro atoms. The molecule has 0 aliphatic heterocycles. The summed E-state index contributed by atoms with van der Waals surface area (Å²) >= 11 is 0. The number of benzene rings is 2. The fourth-order valence-electron chi connectivity index (χ4n) is 3.04. The largest absolute Gasteiger partial charge is 0.497 e. The van der Waals surface area contributed by atoms with Crippen molar-refractivity contribution < 1.29 is 14.3 Å². The van der Waals surface area contributed by atoms with Crippen molar-refractivity contribution in [3.8, 4) is 11.5 Å². The first-order valence-electron chi connectivity index (χ1n) is 10.00. The monoisotopic (exact) mass is 383 g/mol. The summed E-state index contributed by atoms with van der Waals surface area (Å²) in [5.74, 6) is 1.43. The quantitative estimate of drug-likeness (QED) is 0.662. The molecular formula is C24H33NO3. The lowest BCUT2D eigenvalue weighted by molar-refractivity contribution is -0.128. The van der Waals surface area contributed by atoms with Gasteiger partial charge >= 0.3 is 0 Å². The topological polar surface area (TPSA) is 47.6 Å². The molecule has 0 unspecified atom stereocenters. The smallest absolute Gasteiger partial charge is 0.261 e. The number of carbonyl (C=O) groups is 1. The molecule has 0 fully saturated rings. The minimum Gasteiger partial charge on any atom is -0.497 e. The van der Waals surface area contributed by atoms with Gasteiger partial charge in [0.1, 0.15) is 11.5 Å². The minimum atomic E-state index is -0.521. The molecule has 0 bridgehead atoms. The summed E-state index contributed by atoms with van der Waals surface area (Å²) in [7, 11) is 1.64. The highest BCUT2D eigenvalue weighted by Gasteiger charge is 2.22. The van der Waals surface area contributed by atoms with Gasteiger partial charge in [-0.25, -0.2) is 0 Å². The summed E-state index contributed by atoms with van der Waals surface area (Å²) in [6.07, 6.45) is 0.883. The molecule has 2 rings (SSSR count). The van der Waals surface area contributed by atoms with Gasteiger partial charge in [0, 0.05) is 0 Å². The number of amides is 1. The first kappa shape index (κ1) is 21.8. The Hall–Kier alpha value is -2.49. The van der Waals surface area contributed by atoms with E-state index in [-0.39, 0.29) is 17.4 Å². The van der Waals surface area contributed by atoms with Gasteiger partial charge in [-0.2, -0.15) is 0 Å². The second-order valence-electron chi connectivity index (χ2n) is 8.03. The number of methoxy groups -OCH3 is 1. The zero-order chi connectivity index (χ0) is 20.7. The van der Waals surface area contributed by atoms with Gasteiger partial charge in [-0.1, -0.05) is 58.9 Å². The summed E-state index contributed by atoms with van der Waals surface area (Å²) in [4.78, 5) is 12.8. The van der Waals surface area contributed by atoms with Crippen molar-refractivity contribution in [2.75, 3.05) is 7.11 Å². The van der Waals surface area contributed by atoms with Crippen LogP contribution in [0.3, 0.4) is 0 Å². The molecule has 1 amide bonds. The highest BCUT2D eigenvalue weighted by Crippen LogP contribution is 2.25. The normalized spacial score (nSPS) is 13.5. The highest BCUT2D eigenvalue weighted by atomic mass is 16.5. The van der Waals surface area contributed by atoms with Crippen LogP contribution < -0.4 is 14.8 Å². The van der Waals surface area contributed by atoms with E-state index in [1.807, 2.05) is 43.3 Å². The molecule has 1 N–H and O–H groups in total. The van der Waals surface area contributed by atoms with E-state index in [0.717, 1.165) is 17.7 Å². The molecule has 0 heterocycles. The Bertz CT molecular complexity index is 745. The van der Waals surface area contributed by atoms with Gasteiger partial charge in [0.15, 0.2) is 6.10 Å². The summed E-state index contributed by atoms with van der Waals surface area (Å²) in [5.41, 5.74) is 2.39. The lowest BCUT2D eigenvalue weighted by atomic mass is 9.87. The molecule has 0 saturated carbocycles. The molecule has 28 heavy (non-hydrogen) atoms. The van der Waals surface area contributed by atoms with E-state index in [9.17, 15) is 4.79 Å². The first-order chi connectivity index (χ1) is 13.3. The standard InChI is InChI=1S/C24H33NO3/c1-7-21(17-9-13-19(27-6)14-10-17)25-23(26)22(8-2)28-20-15-11-18(12-16-20)24(3,4)5/h9-16,21-22H,7-8H2,1-6H3,(H,25,26)/t21-,22+/m0/s1. The van der Waals surface area contributed by atoms with Crippen molar-refractivity contribution in [2.24, 2.45) is 0 Å². The maximum Gasteiger partial charge on any atom is 0.261 e. The van der Waals surface area contributed by atoms with Crippen molar-refractivity contribution >= 4 is 5.91 Å². The fourth-order valence-corrected chi connectivity index (χ4v) is 3.04. The second kappa shape index (κ2) is 9.63. The Morgan fingerprint density at radius 1 is 0.929 bits per heavy atom.